The molecule has 0 aliphatic heterocycles. The molecular weight excluding hydrogens is 396 g/mol. The fourth-order valence-electron chi connectivity index (χ4n) is 4.01. The Bertz CT molecular complexity index is 1040. The number of nitrogens with one attached hydrogen (secondary N) is 2. The van der Waals surface area contributed by atoms with Crippen molar-refractivity contribution in [1.29, 1.82) is 0 Å². The quantitative estimate of drug-likeness (QED) is 0.301. The average Bonchev–Trinajstić information content (AvgIpc) is 3.19. The van der Waals surface area contributed by atoms with E-state index in [2.05, 4.69) is 10.6 Å². The summed E-state index contributed by atoms with van der Waals surface area (Å²) in [6.45, 7) is 3.99. The molecule has 2 atom stereocenters. The second-order valence-electron chi connectivity index (χ2n) is 7.23. The first-order valence-corrected chi connectivity index (χ1v) is 10.4. The number of carbonyl (C=O) groups is 1. The predicted molar refractivity (Wildman–Crippen MR) is 121 cm³/mol. The fourth-order valence-corrected chi connectivity index (χ4v) is 4.01. The normalized spacial score (nSPS) is 13.2. The van der Waals surface area contributed by atoms with Gasteiger partial charge in [-0.15, -0.1) is 0 Å². The van der Waals surface area contributed by atoms with Gasteiger partial charge in [-0.3, -0.25) is 14.9 Å². The van der Waals surface area contributed by atoms with Gasteiger partial charge in [0.1, 0.15) is 10.5 Å². The Labute approximate surface area is 181 Å². The first kappa shape index (κ1) is 22.5. The largest absolute Gasteiger partial charge is 0.442 e. The van der Waals surface area contributed by atoms with Gasteiger partial charge >= 0.3 is 5.88 Å². The molecule has 0 spiro atoms. The average molecular weight is 425 g/mol. The molecule has 1 amide bonds. The van der Waals surface area contributed by atoms with E-state index in [1.807, 2.05) is 46.1 Å². The Hall–Kier alpha value is -3.23. The maximum Gasteiger partial charge on any atom is 0.442 e. The molecule has 0 radical (unpaired) electrons. The van der Waals surface area contributed by atoms with E-state index in [9.17, 15) is 14.9 Å². The van der Waals surface area contributed by atoms with Crippen molar-refractivity contribution >= 4 is 22.8 Å². The molecular formula is C23H28N4O4. The van der Waals surface area contributed by atoms with Gasteiger partial charge in [0.05, 0.1) is 17.9 Å². The Morgan fingerprint density at radius 1 is 1.03 bits per heavy atom. The lowest BCUT2D eigenvalue weighted by Gasteiger charge is -2.37. The summed E-state index contributed by atoms with van der Waals surface area (Å²) in [5, 5.41) is 18.7. The minimum Gasteiger partial charge on any atom is -0.399 e. The number of hydrogen-bond acceptors (Lipinski definition) is 6. The Morgan fingerprint density at radius 2 is 1.65 bits per heavy atom. The third-order valence-corrected chi connectivity index (χ3v) is 5.50. The highest BCUT2D eigenvalue weighted by Gasteiger charge is 2.33. The summed E-state index contributed by atoms with van der Waals surface area (Å²) in [5.74, 6) is -0.620. The third-order valence-electron chi connectivity index (χ3n) is 5.50. The summed E-state index contributed by atoms with van der Waals surface area (Å²) >= 11 is 0. The van der Waals surface area contributed by atoms with Crippen molar-refractivity contribution in [2.45, 2.75) is 39.0 Å². The number of amides is 1. The number of furan rings is 1. The van der Waals surface area contributed by atoms with Crippen molar-refractivity contribution in [3.8, 4) is 11.1 Å². The van der Waals surface area contributed by atoms with Gasteiger partial charge in [-0.25, -0.2) is 0 Å². The molecule has 3 aromatic rings. The lowest BCUT2D eigenvalue weighted by molar-refractivity contribution is -0.400. The molecule has 8 heteroatoms. The van der Waals surface area contributed by atoms with E-state index < -0.39 is 4.92 Å². The molecule has 164 valence electrons. The number of rotatable bonds is 9. The summed E-state index contributed by atoms with van der Waals surface area (Å²) in [6, 6.07) is 14.2. The molecule has 2 unspecified atom stereocenters. The Morgan fingerprint density at radius 3 is 2.16 bits per heavy atom. The number of fused-ring (bicyclic) bond motifs is 1. The van der Waals surface area contributed by atoms with Crippen LogP contribution >= 0.6 is 0 Å². The van der Waals surface area contributed by atoms with E-state index >= 15 is 0 Å². The maximum atomic E-state index is 13.7. The lowest BCUT2D eigenvalue weighted by Crippen LogP contribution is -2.56. The minimum absolute atomic E-state index is 0.210. The number of para-hydroxylation sites is 1. The van der Waals surface area contributed by atoms with Gasteiger partial charge in [0.2, 0.25) is 0 Å². The van der Waals surface area contributed by atoms with Gasteiger partial charge in [-0.2, -0.15) is 0 Å². The van der Waals surface area contributed by atoms with Gasteiger partial charge in [-0.1, -0.05) is 56.3 Å². The van der Waals surface area contributed by atoms with Crippen molar-refractivity contribution in [2.75, 3.05) is 14.1 Å². The number of nitrogens with zero attached hydrogens (tertiary/aromatic N) is 2. The van der Waals surface area contributed by atoms with E-state index in [-0.39, 0.29) is 29.7 Å². The smallest absolute Gasteiger partial charge is 0.399 e. The molecule has 31 heavy (non-hydrogen) atoms. The Kier molecular flexibility index (Phi) is 7.04. The highest BCUT2D eigenvalue weighted by Crippen LogP contribution is 2.41. The van der Waals surface area contributed by atoms with Gasteiger partial charge < -0.3 is 20.0 Å². The molecule has 0 aliphatic carbocycles. The standard InChI is InChI=1S/C23H28N4O4/c1-5-18(24-3)26(19(6-2)25-4)22(28)17-14-10-13-16-20(15-11-8-7-9-12-15)23(27(29)30)31-21(16)17/h7-14,18-19,24-25H,5-6H2,1-4H3. The molecule has 0 fully saturated rings. The minimum atomic E-state index is -0.542. The van der Waals surface area contributed by atoms with Crippen LogP contribution in [-0.4, -0.2) is 42.2 Å². The molecule has 0 saturated carbocycles. The molecule has 1 heterocycles. The Balaban J connectivity index is 2.23. The van der Waals surface area contributed by atoms with Crippen molar-refractivity contribution in [2.24, 2.45) is 0 Å². The molecule has 1 aromatic heterocycles. The zero-order valence-corrected chi connectivity index (χ0v) is 18.2. The van der Waals surface area contributed by atoms with E-state index in [0.29, 0.717) is 34.9 Å². The molecule has 2 aromatic carbocycles. The van der Waals surface area contributed by atoms with Crippen molar-refractivity contribution in [3.63, 3.8) is 0 Å². The van der Waals surface area contributed by atoms with Gasteiger partial charge in [-0.05, 0) is 38.6 Å². The number of carbonyl (C=O) groups excluding carboxylic acids is 1. The maximum absolute atomic E-state index is 13.7. The van der Waals surface area contributed by atoms with Crippen molar-refractivity contribution in [1.82, 2.24) is 15.5 Å². The van der Waals surface area contributed by atoms with Crippen LogP contribution < -0.4 is 10.6 Å². The molecule has 3 rings (SSSR count). The van der Waals surface area contributed by atoms with E-state index in [4.69, 9.17) is 4.42 Å². The summed E-state index contributed by atoms with van der Waals surface area (Å²) in [7, 11) is 3.62. The summed E-state index contributed by atoms with van der Waals surface area (Å²) in [5.41, 5.74) is 1.56. The molecule has 2 N–H and O–H groups in total. The molecule has 0 aliphatic rings. The zero-order valence-electron chi connectivity index (χ0n) is 18.2. The summed E-state index contributed by atoms with van der Waals surface area (Å²) in [6.07, 6.45) is 0.978. The molecule has 8 nitrogen and oxygen atoms in total. The monoisotopic (exact) mass is 424 g/mol. The van der Waals surface area contributed by atoms with Crippen LogP contribution in [0.5, 0.6) is 0 Å². The first-order chi connectivity index (χ1) is 15.0. The van der Waals surface area contributed by atoms with Crippen molar-refractivity contribution < 1.29 is 14.1 Å². The number of benzene rings is 2. The van der Waals surface area contributed by atoms with Gasteiger partial charge in [0.25, 0.3) is 5.91 Å². The molecule has 0 saturated heterocycles. The lowest BCUT2D eigenvalue weighted by atomic mass is 10.0. The van der Waals surface area contributed by atoms with Crippen LogP contribution in [0, 0.1) is 10.1 Å². The summed E-state index contributed by atoms with van der Waals surface area (Å²) in [4.78, 5) is 26.7. The van der Waals surface area contributed by atoms with Gasteiger partial charge in [0.15, 0.2) is 5.58 Å². The third kappa shape index (κ3) is 4.17. The fraction of sp³-hybridized carbons (Fsp3) is 0.348. The van der Waals surface area contributed by atoms with Crippen LogP contribution in [0.15, 0.2) is 52.9 Å². The first-order valence-electron chi connectivity index (χ1n) is 10.4. The highest BCUT2D eigenvalue weighted by molar-refractivity contribution is 6.10. The van der Waals surface area contributed by atoms with Crippen LogP contribution in [0.1, 0.15) is 37.0 Å². The van der Waals surface area contributed by atoms with Crippen LogP contribution in [0.4, 0.5) is 5.88 Å². The summed E-state index contributed by atoms with van der Waals surface area (Å²) < 4.78 is 5.72. The second-order valence-corrected chi connectivity index (χ2v) is 7.23. The molecule has 0 bridgehead atoms. The predicted octanol–water partition coefficient (Wildman–Crippen LogP) is 4.36. The second kappa shape index (κ2) is 9.72. The van der Waals surface area contributed by atoms with Crippen LogP contribution in [0.2, 0.25) is 0 Å². The van der Waals surface area contributed by atoms with Crippen LogP contribution in [-0.2, 0) is 0 Å². The number of nitro groups is 1. The van der Waals surface area contributed by atoms with E-state index in [1.54, 1.807) is 35.2 Å². The number of hydrogen-bond donors (Lipinski definition) is 2. The zero-order chi connectivity index (χ0) is 22.5. The topological polar surface area (TPSA) is 101 Å². The van der Waals surface area contributed by atoms with Crippen LogP contribution in [0.25, 0.3) is 22.1 Å². The SMILES string of the molecule is CCC(NC)N(C(=O)c1cccc2c(-c3ccccc3)c([N+](=O)[O-])oc12)C(CC)NC. The van der Waals surface area contributed by atoms with E-state index in [0.717, 1.165) is 0 Å². The van der Waals surface area contributed by atoms with Crippen LogP contribution in [0.3, 0.4) is 0 Å². The van der Waals surface area contributed by atoms with Gasteiger partial charge in [0, 0.05) is 5.39 Å². The highest BCUT2D eigenvalue weighted by atomic mass is 16.6. The van der Waals surface area contributed by atoms with E-state index in [1.165, 1.54) is 0 Å². The van der Waals surface area contributed by atoms with Crippen molar-refractivity contribution in [3.05, 3.63) is 64.2 Å².